The number of hydrogen-bond donors (Lipinski definition) is 2. The third-order valence-corrected chi connectivity index (χ3v) is 13.2. The number of piperazine rings is 4. The molecule has 4 heterocycles. The van der Waals surface area contributed by atoms with Crippen molar-refractivity contribution in [2.24, 2.45) is 0 Å². The van der Waals surface area contributed by atoms with Crippen molar-refractivity contribution < 1.29 is 76.3 Å². The first-order valence-electron chi connectivity index (χ1n) is 27.0. The standard InChI is InChI=1S/C50H86N8O16/c59-43(7-3-1-5-37-67-45(61)9-21-55-29-33-57(34-30-55)23-13-49(65)73-41-71-47(63)11-19-53-25-15-51-16-26-53)69-39-40-70-44(60)8-4-2-6-38-68-46(62)10-22-56-31-35-58(36-32-56)24-14-50(66)74-42-72-48(64)12-20-54-27-17-52-18-28-54/h51-52H,1-42H2. The average molecular weight is 1060 g/mol. The molecule has 0 bridgehead atoms. The zero-order valence-electron chi connectivity index (χ0n) is 43.9. The summed E-state index contributed by atoms with van der Waals surface area (Å²) in [7, 11) is 0. The van der Waals surface area contributed by atoms with Crippen LogP contribution in [0.3, 0.4) is 0 Å². The molecule has 0 unspecified atom stereocenters. The Bertz CT molecular complexity index is 1540. The minimum atomic E-state index is -0.411. The van der Waals surface area contributed by atoms with Gasteiger partial charge >= 0.3 is 47.8 Å². The van der Waals surface area contributed by atoms with Crippen molar-refractivity contribution in [2.75, 3.05) is 184 Å². The van der Waals surface area contributed by atoms with E-state index >= 15 is 0 Å². The Kier molecular flexibility index (Phi) is 32.6. The number of carbonyl (C=O) groups is 8. The van der Waals surface area contributed by atoms with Gasteiger partial charge < -0.3 is 77.9 Å². The lowest BCUT2D eigenvalue weighted by atomic mass is 10.2. The van der Waals surface area contributed by atoms with Gasteiger partial charge in [0, 0.05) is 157 Å². The molecule has 0 saturated carbocycles. The van der Waals surface area contributed by atoms with Crippen molar-refractivity contribution in [1.29, 1.82) is 0 Å². The normalized spacial score (nSPS) is 17.5. The summed E-state index contributed by atoms with van der Waals surface area (Å²) in [5.74, 6) is -2.88. The van der Waals surface area contributed by atoms with E-state index < -0.39 is 11.9 Å². The Morgan fingerprint density at radius 2 is 0.486 bits per heavy atom. The van der Waals surface area contributed by atoms with Gasteiger partial charge in [0.25, 0.3) is 0 Å². The first kappa shape index (κ1) is 62.0. The van der Waals surface area contributed by atoms with Crippen LogP contribution in [0.25, 0.3) is 0 Å². The monoisotopic (exact) mass is 1050 g/mol. The smallest absolute Gasteiger partial charge is 0.309 e. The summed E-state index contributed by atoms with van der Waals surface area (Å²) in [6, 6.07) is 0. The Morgan fingerprint density at radius 1 is 0.257 bits per heavy atom. The van der Waals surface area contributed by atoms with Crippen LogP contribution in [0.15, 0.2) is 0 Å². The highest BCUT2D eigenvalue weighted by atomic mass is 16.7. The second-order valence-electron chi connectivity index (χ2n) is 18.9. The van der Waals surface area contributed by atoms with Crippen molar-refractivity contribution in [1.82, 2.24) is 40.0 Å². The maximum atomic E-state index is 12.3. The highest BCUT2D eigenvalue weighted by Gasteiger charge is 2.22. The van der Waals surface area contributed by atoms with Crippen molar-refractivity contribution in [3.8, 4) is 0 Å². The first-order valence-corrected chi connectivity index (χ1v) is 27.0. The van der Waals surface area contributed by atoms with Crippen molar-refractivity contribution in [2.45, 2.75) is 89.9 Å². The van der Waals surface area contributed by atoms with Gasteiger partial charge in [-0.15, -0.1) is 0 Å². The summed E-state index contributed by atoms with van der Waals surface area (Å²) < 4.78 is 41.3. The second-order valence-corrected chi connectivity index (χ2v) is 18.9. The molecular weight excluding hydrogens is 969 g/mol. The van der Waals surface area contributed by atoms with E-state index in [0.29, 0.717) is 77.8 Å². The molecule has 0 radical (unpaired) electrons. The number of esters is 8. The van der Waals surface area contributed by atoms with Crippen LogP contribution >= 0.6 is 0 Å². The van der Waals surface area contributed by atoms with Crippen molar-refractivity contribution >= 4 is 47.8 Å². The first-order chi connectivity index (χ1) is 36.0. The summed E-state index contributed by atoms with van der Waals surface area (Å²) in [6.07, 6.45) is 5.75. The molecule has 0 aromatic rings. The van der Waals surface area contributed by atoms with E-state index in [1.165, 1.54) is 0 Å². The third kappa shape index (κ3) is 30.7. The van der Waals surface area contributed by atoms with Crippen LogP contribution in [-0.4, -0.2) is 261 Å². The minimum absolute atomic E-state index is 0.0227. The number of rotatable bonds is 37. The molecule has 0 spiro atoms. The van der Waals surface area contributed by atoms with Crippen LogP contribution < -0.4 is 10.6 Å². The average Bonchev–Trinajstić information content (AvgIpc) is 3.41. The number of ether oxygens (including phenoxy) is 8. The molecule has 24 heteroatoms. The Morgan fingerprint density at radius 3 is 0.770 bits per heavy atom. The van der Waals surface area contributed by atoms with E-state index in [9.17, 15) is 38.4 Å². The lowest BCUT2D eigenvalue weighted by Gasteiger charge is -2.34. The number of unbranched alkanes of at least 4 members (excludes halogenated alkanes) is 4. The number of nitrogens with zero attached hydrogens (tertiary/aromatic N) is 6. The zero-order valence-corrected chi connectivity index (χ0v) is 43.9. The van der Waals surface area contributed by atoms with E-state index in [-0.39, 0.29) is 127 Å². The fourth-order valence-electron chi connectivity index (χ4n) is 8.52. The SMILES string of the molecule is O=C(CCCCCOC(=O)CCN1CCN(CCC(=O)OCOC(=O)CCN2CCNCC2)CC1)OCCOC(=O)CCCCCOC(=O)CCN1CCN(CCC(=O)OCOC(=O)CCN2CCNCC2)CC1. The van der Waals surface area contributed by atoms with Crippen molar-refractivity contribution in [3.05, 3.63) is 0 Å². The van der Waals surface area contributed by atoms with Crippen LogP contribution in [-0.2, 0) is 76.3 Å². The summed E-state index contributed by atoms with van der Waals surface area (Å²) in [5.41, 5.74) is 0. The topological polar surface area (TPSA) is 254 Å². The van der Waals surface area contributed by atoms with E-state index in [0.717, 1.165) is 105 Å². The highest BCUT2D eigenvalue weighted by molar-refractivity contribution is 5.72. The third-order valence-electron chi connectivity index (χ3n) is 13.2. The van der Waals surface area contributed by atoms with Crippen molar-refractivity contribution in [3.63, 3.8) is 0 Å². The Hall–Kier alpha value is -4.56. The molecule has 0 atom stereocenters. The molecule has 0 aliphatic carbocycles. The highest BCUT2D eigenvalue weighted by Crippen LogP contribution is 2.09. The summed E-state index contributed by atoms with van der Waals surface area (Å²) in [5, 5.41) is 6.53. The summed E-state index contributed by atoms with van der Waals surface area (Å²) in [4.78, 5) is 110. The molecular formula is C50H86N8O16. The Labute approximate surface area is 436 Å². The van der Waals surface area contributed by atoms with E-state index in [4.69, 9.17) is 37.9 Å². The van der Waals surface area contributed by atoms with Crippen LogP contribution in [0.2, 0.25) is 0 Å². The summed E-state index contributed by atoms with van der Waals surface area (Å²) in [6.45, 7) is 16.7. The van der Waals surface area contributed by atoms with Crippen LogP contribution in [0.4, 0.5) is 0 Å². The fourth-order valence-corrected chi connectivity index (χ4v) is 8.52. The van der Waals surface area contributed by atoms with Gasteiger partial charge in [-0.25, -0.2) is 0 Å². The molecule has 74 heavy (non-hydrogen) atoms. The molecule has 24 nitrogen and oxygen atoms in total. The second kappa shape index (κ2) is 38.9. The van der Waals surface area contributed by atoms with Crippen LogP contribution in [0.1, 0.15) is 89.9 Å². The maximum absolute atomic E-state index is 12.3. The molecule has 4 fully saturated rings. The molecule has 4 saturated heterocycles. The minimum Gasteiger partial charge on any atom is -0.466 e. The maximum Gasteiger partial charge on any atom is 0.309 e. The van der Waals surface area contributed by atoms with Gasteiger partial charge in [0.2, 0.25) is 13.6 Å². The molecule has 2 N–H and O–H groups in total. The largest absolute Gasteiger partial charge is 0.466 e. The van der Waals surface area contributed by atoms with E-state index in [1.54, 1.807) is 0 Å². The molecule has 0 aromatic carbocycles. The predicted molar refractivity (Wildman–Crippen MR) is 267 cm³/mol. The van der Waals surface area contributed by atoms with Crippen LogP contribution in [0, 0.1) is 0 Å². The Balaban J connectivity index is 0.837. The zero-order chi connectivity index (χ0) is 52.9. The molecule has 0 amide bonds. The van der Waals surface area contributed by atoms with Gasteiger partial charge in [-0.05, 0) is 38.5 Å². The van der Waals surface area contributed by atoms with Gasteiger partial charge in [0.15, 0.2) is 0 Å². The predicted octanol–water partition coefficient (Wildman–Crippen LogP) is -0.246. The molecule has 4 rings (SSSR count). The lowest BCUT2D eigenvalue weighted by molar-refractivity contribution is -0.169. The van der Waals surface area contributed by atoms with E-state index in [2.05, 4.69) is 40.0 Å². The molecule has 4 aliphatic heterocycles. The molecule has 422 valence electrons. The van der Waals surface area contributed by atoms with Gasteiger partial charge in [-0.1, -0.05) is 0 Å². The number of hydrogen-bond acceptors (Lipinski definition) is 24. The van der Waals surface area contributed by atoms with Gasteiger partial charge in [0.1, 0.15) is 13.2 Å². The fraction of sp³-hybridized carbons (Fsp3) is 0.840. The van der Waals surface area contributed by atoms with Gasteiger partial charge in [-0.3, -0.25) is 38.4 Å². The van der Waals surface area contributed by atoms with Crippen LogP contribution in [0.5, 0.6) is 0 Å². The lowest BCUT2D eigenvalue weighted by Crippen LogP contribution is -2.47. The van der Waals surface area contributed by atoms with E-state index in [1.807, 2.05) is 0 Å². The number of carbonyl (C=O) groups excluding carboxylic acids is 8. The quantitative estimate of drug-likeness (QED) is 0.0352. The molecule has 4 aliphatic rings. The summed E-state index contributed by atoms with van der Waals surface area (Å²) >= 11 is 0. The van der Waals surface area contributed by atoms with Gasteiger partial charge in [-0.2, -0.15) is 0 Å². The number of nitrogens with one attached hydrogen (secondary N) is 2. The van der Waals surface area contributed by atoms with Gasteiger partial charge in [0.05, 0.1) is 51.7 Å². The molecule has 0 aromatic heterocycles.